The molecule has 0 aromatic heterocycles. The molecule has 2 aliphatic heterocycles. The molecule has 4 amide bonds. The number of hydrogen-bond acceptors (Lipinski definition) is 6. The van der Waals surface area contributed by atoms with Crippen molar-refractivity contribution < 1.29 is 24.0 Å². The van der Waals surface area contributed by atoms with E-state index in [-0.39, 0.29) is 18.7 Å². The number of benzene rings is 1. The van der Waals surface area contributed by atoms with Crippen LogP contribution in [0.5, 0.6) is 0 Å². The molecular weight excluding hydrogens is 352 g/mol. The monoisotopic (exact) mass is 374 g/mol. The fourth-order valence-corrected chi connectivity index (χ4v) is 3.25. The Balaban J connectivity index is 1.56. The largest absolute Gasteiger partial charge is 0.433 e. The first-order chi connectivity index (χ1) is 13.0. The number of hydrogen-bond donors (Lipinski definition) is 2. The Bertz CT molecular complexity index is 723. The van der Waals surface area contributed by atoms with E-state index in [0.29, 0.717) is 30.9 Å². The van der Waals surface area contributed by atoms with Crippen molar-refractivity contribution in [2.24, 2.45) is 5.73 Å². The average Bonchev–Trinajstić information content (AvgIpc) is 3.23. The molecule has 2 atom stereocenters. The summed E-state index contributed by atoms with van der Waals surface area (Å²) in [5.41, 5.74) is 7.01. The number of hydroxylamine groups is 2. The Labute approximate surface area is 156 Å². The van der Waals surface area contributed by atoms with Gasteiger partial charge >= 0.3 is 6.09 Å². The summed E-state index contributed by atoms with van der Waals surface area (Å²) in [4.78, 5) is 54.0. The van der Waals surface area contributed by atoms with Gasteiger partial charge in [0, 0.05) is 19.4 Å². The number of nitrogens with two attached hydrogens (primary N) is 1. The average molecular weight is 374 g/mol. The van der Waals surface area contributed by atoms with Crippen LogP contribution < -0.4 is 11.1 Å². The van der Waals surface area contributed by atoms with E-state index in [1.54, 1.807) is 0 Å². The molecule has 2 fully saturated rings. The summed E-state index contributed by atoms with van der Waals surface area (Å²) in [5.74, 6) is -1.38. The van der Waals surface area contributed by atoms with E-state index >= 15 is 0 Å². The van der Waals surface area contributed by atoms with Gasteiger partial charge < -0.3 is 15.5 Å². The molecule has 1 aromatic carbocycles. The first-order valence-corrected chi connectivity index (χ1v) is 8.90. The lowest BCUT2D eigenvalue weighted by Crippen LogP contribution is -2.53. The lowest BCUT2D eigenvalue weighted by Gasteiger charge is -2.28. The van der Waals surface area contributed by atoms with Crippen molar-refractivity contribution in [1.29, 1.82) is 0 Å². The zero-order valence-corrected chi connectivity index (χ0v) is 14.8. The van der Waals surface area contributed by atoms with E-state index in [9.17, 15) is 19.2 Å². The van der Waals surface area contributed by atoms with Crippen LogP contribution >= 0.6 is 0 Å². The molecule has 27 heavy (non-hydrogen) atoms. The highest BCUT2D eigenvalue weighted by molar-refractivity contribution is 6.01. The highest BCUT2D eigenvalue weighted by atomic mass is 16.7. The number of likely N-dealkylation sites (tertiary alicyclic amines) is 1. The zero-order valence-electron chi connectivity index (χ0n) is 14.8. The molecule has 2 heterocycles. The van der Waals surface area contributed by atoms with Gasteiger partial charge in [-0.05, 0) is 24.8 Å². The molecule has 0 spiro atoms. The summed E-state index contributed by atoms with van der Waals surface area (Å²) in [7, 11) is 0. The van der Waals surface area contributed by atoms with E-state index in [2.05, 4.69) is 5.32 Å². The fraction of sp³-hybridized carbons (Fsp3) is 0.444. The van der Waals surface area contributed by atoms with Crippen molar-refractivity contribution in [3.8, 4) is 0 Å². The van der Waals surface area contributed by atoms with Gasteiger partial charge in [-0.25, -0.2) is 4.79 Å². The van der Waals surface area contributed by atoms with Crippen LogP contribution in [0.15, 0.2) is 30.3 Å². The normalized spacial score (nSPS) is 20.7. The second-order valence-corrected chi connectivity index (χ2v) is 6.59. The van der Waals surface area contributed by atoms with Crippen LogP contribution in [0.3, 0.4) is 0 Å². The second kappa shape index (κ2) is 8.17. The van der Waals surface area contributed by atoms with Gasteiger partial charge in [-0.15, -0.1) is 5.06 Å². The van der Waals surface area contributed by atoms with E-state index in [1.165, 1.54) is 4.90 Å². The van der Waals surface area contributed by atoms with Crippen LogP contribution in [0.25, 0.3) is 0 Å². The first kappa shape index (κ1) is 18.8. The SMILES string of the molecule is NC(Cc1ccccc1)C(=O)N1CCCC1NC(=O)ON1C(=O)CCC1=O. The summed E-state index contributed by atoms with van der Waals surface area (Å²) < 4.78 is 0. The van der Waals surface area contributed by atoms with E-state index in [1.807, 2.05) is 30.3 Å². The quantitative estimate of drug-likeness (QED) is 0.715. The Morgan fingerprint density at radius 3 is 2.52 bits per heavy atom. The maximum atomic E-state index is 12.7. The highest BCUT2D eigenvalue weighted by Gasteiger charge is 2.36. The molecule has 1 aromatic rings. The lowest BCUT2D eigenvalue weighted by atomic mass is 10.1. The molecule has 9 nitrogen and oxygen atoms in total. The Morgan fingerprint density at radius 2 is 1.85 bits per heavy atom. The van der Waals surface area contributed by atoms with Crippen LogP contribution in [0.4, 0.5) is 4.79 Å². The Hall–Kier alpha value is -2.94. The predicted octanol–water partition coefficient (Wildman–Crippen LogP) is 0.295. The van der Waals surface area contributed by atoms with Gasteiger partial charge in [0.05, 0.1) is 6.04 Å². The number of carbonyl (C=O) groups excluding carboxylic acids is 4. The molecule has 144 valence electrons. The minimum Gasteiger partial charge on any atom is -0.321 e. The summed E-state index contributed by atoms with van der Waals surface area (Å²) in [5, 5.41) is 3.01. The second-order valence-electron chi connectivity index (χ2n) is 6.59. The molecular formula is C18H22N4O5. The highest BCUT2D eigenvalue weighted by Crippen LogP contribution is 2.18. The number of amides is 4. The standard InChI is InChI=1S/C18H22N4O5/c19-13(11-12-5-2-1-3-6-12)17(25)21-10-4-7-14(21)20-18(26)27-22-15(23)8-9-16(22)24/h1-3,5-6,13-14H,4,7-11,19H2,(H,20,26). The summed E-state index contributed by atoms with van der Waals surface area (Å²) in [6.45, 7) is 0.466. The van der Waals surface area contributed by atoms with Crippen LogP contribution in [0.1, 0.15) is 31.2 Å². The topological polar surface area (TPSA) is 122 Å². The maximum absolute atomic E-state index is 12.7. The zero-order chi connectivity index (χ0) is 19.4. The molecule has 0 saturated carbocycles. The van der Waals surface area contributed by atoms with Crippen molar-refractivity contribution in [3.05, 3.63) is 35.9 Å². The minimum atomic E-state index is -0.945. The smallest absolute Gasteiger partial charge is 0.321 e. The minimum absolute atomic E-state index is 0.0223. The molecule has 3 N–H and O–H groups in total. The van der Waals surface area contributed by atoms with E-state index in [4.69, 9.17) is 10.6 Å². The predicted molar refractivity (Wildman–Crippen MR) is 93.6 cm³/mol. The Morgan fingerprint density at radius 1 is 1.19 bits per heavy atom. The fourth-order valence-electron chi connectivity index (χ4n) is 3.25. The van der Waals surface area contributed by atoms with Crippen molar-refractivity contribution in [1.82, 2.24) is 15.3 Å². The van der Waals surface area contributed by atoms with Crippen molar-refractivity contribution >= 4 is 23.8 Å². The van der Waals surface area contributed by atoms with Gasteiger partial charge in [0.2, 0.25) is 5.91 Å². The number of carbonyl (C=O) groups is 4. The van der Waals surface area contributed by atoms with Crippen LogP contribution in [-0.4, -0.2) is 52.5 Å². The summed E-state index contributed by atoms with van der Waals surface area (Å²) >= 11 is 0. The van der Waals surface area contributed by atoms with Gasteiger partial charge in [-0.3, -0.25) is 19.7 Å². The van der Waals surface area contributed by atoms with E-state index in [0.717, 1.165) is 5.56 Å². The van der Waals surface area contributed by atoms with Crippen LogP contribution in [0.2, 0.25) is 0 Å². The lowest BCUT2D eigenvalue weighted by molar-refractivity contribution is -0.172. The molecule has 0 radical (unpaired) electrons. The number of imide groups is 1. The molecule has 2 unspecified atom stereocenters. The van der Waals surface area contributed by atoms with E-state index < -0.39 is 30.1 Å². The Kier molecular flexibility index (Phi) is 5.70. The van der Waals surface area contributed by atoms with Gasteiger partial charge in [-0.1, -0.05) is 30.3 Å². The number of nitrogens with zero attached hydrogens (tertiary/aromatic N) is 2. The third-order valence-electron chi connectivity index (χ3n) is 4.62. The number of nitrogens with one attached hydrogen (secondary N) is 1. The van der Waals surface area contributed by atoms with Gasteiger partial charge in [-0.2, -0.15) is 0 Å². The number of rotatable bonds is 5. The van der Waals surface area contributed by atoms with Crippen molar-refractivity contribution in [2.45, 2.75) is 44.3 Å². The molecule has 2 aliphatic rings. The molecule has 9 heteroatoms. The van der Waals surface area contributed by atoms with Crippen LogP contribution in [-0.2, 0) is 25.6 Å². The van der Waals surface area contributed by atoms with Crippen LogP contribution in [0, 0.1) is 0 Å². The first-order valence-electron chi connectivity index (χ1n) is 8.90. The maximum Gasteiger partial charge on any atom is 0.433 e. The molecule has 0 bridgehead atoms. The van der Waals surface area contributed by atoms with Gasteiger partial charge in [0.1, 0.15) is 6.17 Å². The molecule has 3 rings (SSSR count). The molecule has 0 aliphatic carbocycles. The third-order valence-corrected chi connectivity index (χ3v) is 4.62. The molecule has 2 saturated heterocycles. The van der Waals surface area contributed by atoms with Crippen molar-refractivity contribution in [2.75, 3.05) is 6.54 Å². The van der Waals surface area contributed by atoms with Crippen molar-refractivity contribution in [3.63, 3.8) is 0 Å². The summed E-state index contributed by atoms with van der Waals surface area (Å²) in [6.07, 6.45) is 0.157. The third kappa shape index (κ3) is 4.43. The summed E-state index contributed by atoms with van der Waals surface area (Å²) in [6, 6.07) is 8.71. The van der Waals surface area contributed by atoms with Gasteiger partial charge in [0.15, 0.2) is 0 Å². The van der Waals surface area contributed by atoms with Gasteiger partial charge in [0.25, 0.3) is 11.8 Å².